The first-order valence-electron chi connectivity index (χ1n) is 24.6. The van der Waals surface area contributed by atoms with Crippen molar-refractivity contribution in [2.24, 2.45) is 0 Å². The average Bonchev–Trinajstić information content (AvgIpc) is 3.78. The average molecular weight is 1070 g/mol. The Labute approximate surface area is 421 Å². The molecule has 5 heterocycles. The Balaban J connectivity index is 0.000000467. The first-order valence-corrected chi connectivity index (χ1v) is 33.2. The van der Waals surface area contributed by atoms with Gasteiger partial charge in [0, 0.05) is 62.1 Å². The largest absolute Gasteiger partial charge is 0.412 e. The number of nitrogens with zero attached hydrogens (tertiary/aromatic N) is 3. The number of aromatic amines is 2. The van der Waals surface area contributed by atoms with Gasteiger partial charge in [-0.05, 0) is 83.1 Å². The van der Waals surface area contributed by atoms with E-state index in [4.69, 9.17) is 32.1 Å². The summed E-state index contributed by atoms with van der Waals surface area (Å²) in [6.45, 7) is 41.1. The number of hydrogen-bond acceptors (Lipinski definition) is 13. The number of H-pyrrole nitrogens is 2. The molecule has 0 spiro atoms. The van der Waals surface area contributed by atoms with E-state index in [2.05, 4.69) is 122 Å². The van der Waals surface area contributed by atoms with Gasteiger partial charge < -0.3 is 48.4 Å². The minimum absolute atomic E-state index is 0. The zero-order valence-electron chi connectivity index (χ0n) is 45.8. The van der Waals surface area contributed by atoms with Crippen molar-refractivity contribution in [1.29, 1.82) is 0 Å². The van der Waals surface area contributed by atoms with Gasteiger partial charge in [-0.3, -0.25) is 28.7 Å². The summed E-state index contributed by atoms with van der Waals surface area (Å²) in [5.41, 5.74) is -0.714. The topological polar surface area (TPSA) is 253 Å². The van der Waals surface area contributed by atoms with Gasteiger partial charge in [0.05, 0.1) is 52.8 Å². The first kappa shape index (κ1) is 64.3. The monoisotopic (exact) mass is 1070 g/mol. The van der Waals surface area contributed by atoms with E-state index in [0.717, 1.165) is 38.0 Å². The molecule has 3 saturated heterocycles. The molecule has 0 saturated carbocycles. The molecule has 0 aliphatic carbocycles. The van der Waals surface area contributed by atoms with Gasteiger partial charge >= 0.3 is 20.0 Å². The molecule has 3 aliphatic heterocycles. The molecule has 5 rings (SSSR count). The van der Waals surface area contributed by atoms with Gasteiger partial charge in [-0.25, -0.2) is 14.3 Å². The van der Waals surface area contributed by atoms with Crippen molar-refractivity contribution >= 4 is 33.3 Å². The molecule has 3 aliphatic rings. The fraction of sp³-hybridized carbons (Fsp3) is 0.830. The van der Waals surface area contributed by atoms with Crippen LogP contribution in [-0.2, 0) is 32.1 Å². The molecule has 2 aromatic heterocycles. The first-order chi connectivity index (χ1) is 31.3. The SMILES string of the molecule is CO[P@](OC(C)CCNC(C)C)OC1CC(n2cc(C)c(=O)[nH]c2=O)OC1C[Si](C)(C)C(C)(C)C.Cc1cn(C2CC(OP3OC(C)CCN3C(C)C)C(C[Si](C)(C)C(C)(C)C)O2)c(=O)[nH]c1=O.O.O. The van der Waals surface area contributed by atoms with Crippen molar-refractivity contribution in [1.82, 2.24) is 29.1 Å². The second-order valence-electron chi connectivity index (χ2n) is 23.1. The number of ether oxygens (including phenoxy) is 2. The van der Waals surface area contributed by atoms with E-state index in [9.17, 15) is 19.2 Å². The van der Waals surface area contributed by atoms with E-state index < -0.39 is 57.1 Å². The lowest BCUT2D eigenvalue weighted by atomic mass is 10.2. The van der Waals surface area contributed by atoms with E-state index >= 15 is 0 Å². The highest BCUT2D eigenvalue weighted by molar-refractivity contribution is 7.44. The maximum absolute atomic E-state index is 12.6. The third-order valence-electron chi connectivity index (χ3n) is 14.6. The van der Waals surface area contributed by atoms with Crippen LogP contribution in [0, 0.1) is 13.8 Å². The summed E-state index contributed by atoms with van der Waals surface area (Å²) in [6.07, 6.45) is 4.33. The van der Waals surface area contributed by atoms with E-state index in [1.54, 1.807) is 33.4 Å². The number of hydrogen-bond donors (Lipinski definition) is 3. The van der Waals surface area contributed by atoms with Crippen molar-refractivity contribution in [3.8, 4) is 0 Å². The van der Waals surface area contributed by atoms with Crippen LogP contribution in [0.1, 0.15) is 132 Å². The van der Waals surface area contributed by atoms with E-state index in [-0.39, 0.29) is 68.8 Å². The number of nitrogens with one attached hydrogen (secondary N) is 3. The molecule has 7 N–H and O–H groups in total. The molecule has 9 unspecified atom stereocenters. The minimum Gasteiger partial charge on any atom is -0.412 e. The van der Waals surface area contributed by atoms with Crippen molar-refractivity contribution in [3.05, 3.63) is 65.2 Å². The lowest BCUT2D eigenvalue weighted by Crippen LogP contribution is -2.43. The molecule has 0 radical (unpaired) electrons. The van der Waals surface area contributed by atoms with Gasteiger partial charge in [-0.1, -0.05) is 81.6 Å². The third kappa shape index (κ3) is 17.4. The zero-order chi connectivity index (χ0) is 51.3. The van der Waals surface area contributed by atoms with Crippen molar-refractivity contribution in [2.45, 2.75) is 232 Å². The Morgan fingerprint density at radius 2 is 1.26 bits per heavy atom. The van der Waals surface area contributed by atoms with Gasteiger partial charge in [0.25, 0.3) is 19.6 Å². The fourth-order valence-corrected chi connectivity index (χ4v) is 14.7. The molecule has 70 heavy (non-hydrogen) atoms. The van der Waals surface area contributed by atoms with Crippen LogP contribution < -0.4 is 27.8 Å². The standard InChI is InChI=1S/C24H46N3O6PSi.C23H42N3O5PSi.2H2O/c1-16(2)25-12-11-18(4)32-34(30-8)33-19-13-21(27-14-17(3)22(28)26-23(27)29)31-20(19)15-35(9,10)24(5,6)7;1-15(2)26-11-10-17(4)30-32(26)31-18-12-20(25-13-16(3)21(27)24-22(25)28)29-19(18)14-33(8,9)23(5,6)7;;/h14,16,18-21,25H,11-13,15H2,1-10H3,(H,26,28,29);13,15,17-20H,10-12,14H2,1-9H3,(H,24,27,28);2*1H2/t18?,19?,20?,21?,34-;;;/m1.../s1. The normalized spacial score (nSPS) is 25.6. The summed E-state index contributed by atoms with van der Waals surface area (Å²) in [5.74, 6) is 0. The molecule has 19 nitrogen and oxygen atoms in total. The molecule has 0 bridgehead atoms. The van der Waals surface area contributed by atoms with E-state index in [1.165, 1.54) is 9.13 Å². The van der Waals surface area contributed by atoms with Gasteiger partial charge in [-0.15, -0.1) is 0 Å². The van der Waals surface area contributed by atoms with Crippen LogP contribution >= 0.6 is 17.1 Å². The highest BCUT2D eigenvalue weighted by Crippen LogP contribution is 2.54. The zero-order valence-corrected chi connectivity index (χ0v) is 49.6. The van der Waals surface area contributed by atoms with Crippen LogP contribution in [0.25, 0.3) is 0 Å². The van der Waals surface area contributed by atoms with E-state index in [0.29, 0.717) is 36.1 Å². The van der Waals surface area contributed by atoms with Crippen LogP contribution in [-0.4, -0.2) is 120 Å². The third-order valence-corrected chi connectivity index (χ3v) is 28.9. The summed E-state index contributed by atoms with van der Waals surface area (Å²) < 4.78 is 49.3. The summed E-state index contributed by atoms with van der Waals surface area (Å²) in [5, 5.41) is 3.77. The number of rotatable bonds is 18. The van der Waals surface area contributed by atoms with Gasteiger partial charge in [0.15, 0.2) is 0 Å². The Morgan fingerprint density at radius 1 is 0.800 bits per heavy atom. The lowest BCUT2D eigenvalue weighted by Gasteiger charge is -2.42. The molecule has 0 amide bonds. The van der Waals surface area contributed by atoms with E-state index in [1.807, 2.05) is 6.92 Å². The molecule has 3 fully saturated rings. The maximum Gasteiger partial charge on any atom is 0.333 e. The smallest absolute Gasteiger partial charge is 0.333 e. The van der Waals surface area contributed by atoms with Gasteiger partial charge in [0.2, 0.25) is 0 Å². The van der Waals surface area contributed by atoms with Crippen LogP contribution in [0.4, 0.5) is 0 Å². The van der Waals surface area contributed by atoms with Crippen LogP contribution in [0.5, 0.6) is 0 Å². The molecule has 2 aromatic rings. The highest BCUT2D eigenvalue weighted by Gasteiger charge is 2.48. The Kier molecular flexibility index (Phi) is 24.5. The summed E-state index contributed by atoms with van der Waals surface area (Å²) >= 11 is 0. The molecule has 406 valence electrons. The summed E-state index contributed by atoms with van der Waals surface area (Å²) in [7, 11) is -4.61. The van der Waals surface area contributed by atoms with Crippen LogP contribution in [0.3, 0.4) is 0 Å². The second kappa shape index (κ2) is 26.6. The summed E-state index contributed by atoms with van der Waals surface area (Å²) in [4.78, 5) is 53.7. The van der Waals surface area contributed by atoms with Crippen molar-refractivity contribution in [2.75, 3.05) is 20.2 Å². The van der Waals surface area contributed by atoms with Gasteiger partial charge in [0.1, 0.15) is 12.5 Å². The molecule has 23 heteroatoms. The molecule has 0 aromatic carbocycles. The predicted molar refractivity (Wildman–Crippen MR) is 286 cm³/mol. The Bertz CT molecular complexity index is 2180. The fourth-order valence-electron chi connectivity index (χ4n) is 7.86. The molecular formula is C47H92N6O13P2Si2. The number of aromatic nitrogens is 4. The number of aryl methyl sites for hydroxylation is 2. The quantitative estimate of drug-likeness (QED) is 0.0952. The lowest BCUT2D eigenvalue weighted by molar-refractivity contribution is -0.0119. The van der Waals surface area contributed by atoms with Crippen LogP contribution in [0.15, 0.2) is 31.6 Å². The van der Waals surface area contributed by atoms with Crippen molar-refractivity contribution in [3.63, 3.8) is 0 Å². The molecule has 10 atom stereocenters. The van der Waals surface area contributed by atoms with Crippen molar-refractivity contribution < 1.29 is 43.0 Å². The van der Waals surface area contributed by atoms with Crippen LogP contribution in [0.2, 0.25) is 48.4 Å². The maximum atomic E-state index is 12.6. The Hall–Kier alpha value is -1.79. The van der Waals surface area contributed by atoms with Gasteiger partial charge in [-0.2, -0.15) is 0 Å². The predicted octanol–water partition coefficient (Wildman–Crippen LogP) is 7.82. The minimum atomic E-state index is -1.73. The summed E-state index contributed by atoms with van der Waals surface area (Å²) in [6, 6.07) is 2.54. The molecular weight excluding hydrogens is 975 g/mol. The Morgan fingerprint density at radius 3 is 1.69 bits per heavy atom. The second-order valence-corrected chi connectivity index (χ2v) is 37.1. The highest BCUT2D eigenvalue weighted by atomic mass is 31.2.